The van der Waals surface area contributed by atoms with E-state index in [0.29, 0.717) is 17.9 Å². The van der Waals surface area contributed by atoms with E-state index >= 15 is 0 Å². The van der Waals surface area contributed by atoms with Gasteiger partial charge in [-0.05, 0) is 36.2 Å². The van der Waals surface area contributed by atoms with Crippen LogP contribution in [0.4, 0.5) is 29.2 Å². The van der Waals surface area contributed by atoms with Gasteiger partial charge in [-0.2, -0.15) is 13.2 Å². The Kier molecular flexibility index (Phi) is 5.27. The van der Waals surface area contributed by atoms with Crippen LogP contribution in [0.1, 0.15) is 27.9 Å². The summed E-state index contributed by atoms with van der Waals surface area (Å²) >= 11 is 0. The Morgan fingerprint density at radius 3 is 2.63 bits per heavy atom. The molecule has 0 unspecified atom stereocenters. The number of nitrogens with zero attached hydrogens (tertiary/aromatic N) is 4. The molecule has 0 amide bonds. The number of pyridine rings is 1. The summed E-state index contributed by atoms with van der Waals surface area (Å²) in [6.07, 6.45) is -0.731. The number of benzene rings is 1. The summed E-state index contributed by atoms with van der Waals surface area (Å²) in [6, 6.07) is 6.87. The Bertz CT molecular complexity index is 1050. The molecule has 30 heavy (non-hydrogen) atoms. The molecular weight excluding hydrogens is 398 g/mol. The number of alkyl halides is 3. The normalized spacial score (nSPS) is 13.8. The van der Waals surface area contributed by atoms with Crippen molar-refractivity contribution in [1.82, 2.24) is 15.0 Å². The number of aryl methyl sites for hydroxylation is 1. The zero-order valence-corrected chi connectivity index (χ0v) is 16.2. The van der Waals surface area contributed by atoms with Crippen LogP contribution in [0, 0.1) is 12.7 Å². The van der Waals surface area contributed by atoms with Gasteiger partial charge < -0.3 is 10.2 Å². The lowest BCUT2D eigenvalue weighted by Gasteiger charge is -2.30. The van der Waals surface area contributed by atoms with E-state index in [2.05, 4.69) is 25.2 Å². The number of fused-ring (bicyclic) bond motifs is 1. The van der Waals surface area contributed by atoms with E-state index in [4.69, 9.17) is 0 Å². The maximum atomic E-state index is 13.8. The SMILES string of the molecule is Cc1ccc(N2CCc3ncnc(NCc4ccc(C(F)(F)F)c(F)c4)c3C2)nc1. The van der Waals surface area contributed by atoms with Crippen LogP contribution in [0.25, 0.3) is 0 Å². The van der Waals surface area contributed by atoms with E-state index in [1.165, 1.54) is 12.4 Å². The van der Waals surface area contributed by atoms with Gasteiger partial charge in [0.2, 0.25) is 0 Å². The first-order valence-corrected chi connectivity index (χ1v) is 9.41. The zero-order chi connectivity index (χ0) is 21.3. The smallest absolute Gasteiger partial charge is 0.366 e. The Balaban J connectivity index is 1.52. The standard InChI is InChI=1S/C21H19F4N5/c1-13-2-5-19(26-9-13)30-7-6-18-15(11-30)20(29-12-28-18)27-10-14-3-4-16(17(22)8-14)21(23,24)25/h2-5,8-9,12H,6-7,10-11H2,1H3,(H,27,28,29). The quantitative estimate of drug-likeness (QED) is 0.633. The first kappa shape index (κ1) is 20.1. The predicted octanol–water partition coefficient (Wildman–Crippen LogP) is 4.51. The van der Waals surface area contributed by atoms with E-state index < -0.39 is 17.6 Å². The van der Waals surface area contributed by atoms with Crippen molar-refractivity contribution < 1.29 is 17.6 Å². The van der Waals surface area contributed by atoms with Crippen LogP contribution < -0.4 is 10.2 Å². The van der Waals surface area contributed by atoms with Crippen LogP contribution in [0.3, 0.4) is 0 Å². The third-order valence-electron chi connectivity index (χ3n) is 5.02. The maximum absolute atomic E-state index is 13.8. The van der Waals surface area contributed by atoms with Gasteiger partial charge in [0.05, 0.1) is 11.3 Å². The summed E-state index contributed by atoms with van der Waals surface area (Å²) in [7, 11) is 0. The first-order chi connectivity index (χ1) is 14.3. The van der Waals surface area contributed by atoms with E-state index in [0.717, 1.165) is 47.7 Å². The number of halogens is 4. The Morgan fingerprint density at radius 1 is 1.10 bits per heavy atom. The van der Waals surface area contributed by atoms with Gasteiger partial charge in [0, 0.05) is 37.8 Å². The van der Waals surface area contributed by atoms with Crippen molar-refractivity contribution in [2.45, 2.75) is 32.6 Å². The molecule has 0 bridgehead atoms. The van der Waals surface area contributed by atoms with Crippen LogP contribution in [0.2, 0.25) is 0 Å². The van der Waals surface area contributed by atoms with Crippen LogP contribution in [0.15, 0.2) is 42.9 Å². The van der Waals surface area contributed by atoms with Gasteiger partial charge in [-0.15, -0.1) is 0 Å². The van der Waals surface area contributed by atoms with Gasteiger partial charge in [-0.25, -0.2) is 19.3 Å². The molecule has 3 aromatic rings. The average molecular weight is 417 g/mol. The van der Waals surface area contributed by atoms with Crippen LogP contribution in [0.5, 0.6) is 0 Å². The first-order valence-electron chi connectivity index (χ1n) is 9.41. The van der Waals surface area contributed by atoms with Crippen molar-refractivity contribution >= 4 is 11.6 Å². The van der Waals surface area contributed by atoms with Crippen molar-refractivity contribution in [3.63, 3.8) is 0 Å². The molecule has 4 rings (SSSR count). The minimum Gasteiger partial charge on any atom is -0.366 e. The fraction of sp³-hybridized carbons (Fsp3) is 0.286. The topological polar surface area (TPSA) is 53.9 Å². The second-order valence-corrected chi connectivity index (χ2v) is 7.18. The third-order valence-corrected chi connectivity index (χ3v) is 5.02. The average Bonchev–Trinajstić information content (AvgIpc) is 2.71. The zero-order valence-electron chi connectivity index (χ0n) is 16.2. The van der Waals surface area contributed by atoms with Crippen molar-refractivity contribution in [2.75, 3.05) is 16.8 Å². The lowest BCUT2D eigenvalue weighted by molar-refractivity contribution is -0.140. The van der Waals surface area contributed by atoms with Crippen molar-refractivity contribution in [3.05, 3.63) is 76.6 Å². The second-order valence-electron chi connectivity index (χ2n) is 7.18. The van der Waals surface area contributed by atoms with E-state index in [9.17, 15) is 17.6 Å². The molecule has 1 N–H and O–H groups in total. The molecule has 0 radical (unpaired) electrons. The van der Waals surface area contributed by atoms with Crippen molar-refractivity contribution in [3.8, 4) is 0 Å². The molecule has 156 valence electrons. The highest BCUT2D eigenvalue weighted by Gasteiger charge is 2.33. The largest absolute Gasteiger partial charge is 0.419 e. The summed E-state index contributed by atoms with van der Waals surface area (Å²) in [6.45, 7) is 3.43. The molecule has 0 aliphatic carbocycles. The molecular formula is C21H19F4N5. The van der Waals surface area contributed by atoms with Crippen molar-refractivity contribution in [2.24, 2.45) is 0 Å². The lowest BCUT2D eigenvalue weighted by atomic mass is 10.1. The van der Waals surface area contributed by atoms with E-state index in [1.54, 1.807) is 0 Å². The highest BCUT2D eigenvalue weighted by Crippen LogP contribution is 2.32. The van der Waals surface area contributed by atoms with Gasteiger partial charge in [0.15, 0.2) is 0 Å². The van der Waals surface area contributed by atoms with Gasteiger partial charge in [-0.3, -0.25) is 0 Å². The molecule has 1 aliphatic heterocycles. The Labute approximate surface area is 170 Å². The molecule has 1 aliphatic rings. The van der Waals surface area contributed by atoms with E-state index in [-0.39, 0.29) is 6.54 Å². The number of hydrogen-bond acceptors (Lipinski definition) is 5. The van der Waals surface area contributed by atoms with Crippen LogP contribution in [-0.4, -0.2) is 21.5 Å². The Morgan fingerprint density at radius 2 is 1.93 bits per heavy atom. The maximum Gasteiger partial charge on any atom is 0.419 e. The monoisotopic (exact) mass is 417 g/mol. The van der Waals surface area contributed by atoms with E-state index in [1.807, 2.05) is 25.3 Å². The summed E-state index contributed by atoms with van der Waals surface area (Å²) in [5.41, 5.74) is 2.01. The molecule has 9 heteroatoms. The Hall–Kier alpha value is -3.23. The third kappa shape index (κ3) is 4.19. The second kappa shape index (κ2) is 7.89. The summed E-state index contributed by atoms with van der Waals surface area (Å²) in [5.74, 6) is 0.145. The fourth-order valence-corrected chi connectivity index (χ4v) is 3.42. The van der Waals surface area contributed by atoms with Gasteiger partial charge >= 0.3 is 6.18 Å². The van der Waals surface area contributed by atoms with Crippen LogP contribution >= 0.6 is 0 Å². The van der Waals surface area contributed by atoms with Gasteiger partial charge in [0.25, 0.3) is 0 Å². The van der Waals surface area contributed by atoms with Crippen LogP contribution in [-0.2, 0) is 25.7 Å². The summed E-state index contributed by atoms with van der Waals surface area (Å²) in [4.78, 5) is 15.2. The minimum absolute atomic E-state index is 0.140. The lowest BCUT2D eigenvalue weighted by Crippen LogP contribution is -2.32. The molecule has 2 aromatic heterocycles. The molecule has 0 saturated heterocycles. The highest BCUT2D eigenvalue weighted by atomic mass is 19.4. The highest BCUT2D eigenvalue weighted by molar-refractivity contribution is 5.52. The molecule has 1 aromatic carbocycles. The fourth-order valence-electron chi connectivity index (χ4n) is 3.42. The number of hydrogen-bond donors (Lipinski definition) is 1. The number of anilines is 2. The minimum atomic E-state index is -4.71. The molecule has 3 heterocycles. The van der Waals surface area contributed by atoms with Crippen molar-refractivity contribution in [1.29, 1.82) is 0 Å². The summed E-state index contributed by atoms with van der Waals surface area (Å²) < 4.78 is 52.0. The predicted molar refractivity (Wildman–Crippen MR) is 104 cm³/mol. The summed E-state index contributed by atoms with van der Waals surface area (Å²) in [5, 5.41) is 3.11. The van der Waals surface area contributed by atoms with Gasteiger partial charge in [-0.1, -0.05) is 12.1 Å². The molecule has 0 atom stereocenters. The number of nitrogens with one attached hydrogen (secondary N) is 1. The molecule has 0 fully saturated rings. The van der Waals surface area contributed by atoms with Gasteiger partial charge in [0.1, 0.15) is 23.8 Å². The number of aromatic nitrogens is 3. The molecule has 0 spiro atoms. The molecule has 0 saturated carbocycles. The number of rotatable bonds is 4. The molecule has 5 nitrogen and oxygen atoms in total.